The van der Waals surface area contributed by atoms with Gasteiger partial charge in [0.1, 0.15) is 10.4 Å². The van der Waals surface area contributed by atoms with Crippen LogP contribution in [0.15, 0.2) is 0 Å². The van der Waals surface area contributed by atoms with Gasteiger partial charge < -0.3 is 4.79 Å². The SMILES string of the molecule is CCSC(C=O)(SCC)C1CCCC1. The maximum Gasteiger partial charge on any atom is 0.146 e. The number of hydrogen-bond donors (Lipinski definition) is 0. The van der Waals surface area contributed by atoms with Gasteiger partial charge in [-0.3, -0.25) is 0 Å². The quantitative estimate of drug-likeness (QED) is 0.515. The van der Waals surface area contributed by atoms with Crippen LogP contribution in [0, 0.1) is 5.92 Å². The third kappa shape index (κ3) is 2.69. The second-order valence-electron chi connectivity index (χ2n) is 3.69. The summed E-state index contributed by atoms with van der Waals surface area (Å²) in [5.41, 5.74) is 0. The Kier molecular flexibility index (Phi) is 5.39. The van der Waals surface area contributed by atoms with E-state index in [0.717, 1.165) is 11.5 Å². The van der Waals surface area contributed by atoms with Crippen molar-refractivity contribution in [2.45, 2.75) is 43.6 Å². The molecule has 14 heavy (non-hydrogen) atoms. The normalized spacial score (nSPS) is 18.7. The molecule has 0 aliphatic heterocycles. The maximum atomic E-state index is 11.4. The molecular weight excluding hydrogens is 212 g/mol. The lowest BCUT2D eigenvalue weighted by Gasteiger charge is -2.32. The predicted octanol–water partition coefficient (Wildman–Crippen LogP) is 3.58. The van der Waals surface area contributed by atoms with E-state index < -0.39 is 0 Å². The Hall–Kier alpha value is 0.370. The molecule has 0 radical (unpaired) electrons. The molecule has 1 fully saturated rings. The van der Waals surface area contributed by atoms with Crippen molar-refractivity contribution in [3.8, 4) is 0 Å². The van der Waals surface area contributed by atoms with Gasteiger partial charge in [0, 0.05) is 0 Å². The summed E-state index contributed by atoms with van der Waals surface area (Å²) in [6, 6.07) is 0. The Balaban J connectivity index is 2.69. The number of rotatable bonds is 6. The Morgan fingerprint density at radius 2 is 1.71 bits per heavy atom. The molecule has 0 unspecified atom stereocenters. The van der Waals surface area contributed by atoms with Gasteiger partial charge in [-0.1, -0.05) is 26.7 Å². The third-order valence-electron chi connectivity index (χ3n) is 2.83. The van der Waals surface area contributed by atoms with Crippen LogP contribution in [0.2, 0.25) is 0 Å². The van der Waals surface area contributed by atoms with Crippen LogP contribution in [-0.2, 0) is 4.79 Å². The minimum Gasteiger partial charge on any atom is -0.301 e. The predicted molar refractivity (Wildman–Crippen MR) is 67.0 cm³/mol. The van der Waals surface area contributed by atoms with E-state index in [2.05, 4.69) is 13.8 Å². The number of aldehydes is 1. The molecule has 1 rings (SSSR count). The first kappa shape index (κ1) is 12.4. The molecule has 0 aromatic rings. The fourth-order valence-corrected chi connectivity index (χ4v) is 5.24. The van der Waals surface area contributed by atoms with Crippen LogP contribution in [0.1, 0.15) is 39.5 Å². The second kappa shape index (κ2) is 6.06. The van der Waals surface area contributed by atoms with Crippen LogP contribution >= 0.6 is 23.5 Å². The van der Waals surface area contributed by atoms with E-state index in [1.54, 1.807) is 0 Å². The lowest BCUT2D eigenvalue weighted by Crippen LogP contribution is -2.31. The first-order valence-corrected chi connectivity index (χ1v) is 7.50. The number of carbonyl (C=O) groups excluding carboxylic acids is 1. The summed E-state index contributed by atoms with van der Waals surface area (Å²) in [5.74, 6) is 2.71. The average molecular weight is 232 g/mol. The lowest BCUT2D eigenvalue weighted by molar-refractivity contribution is -0.108. The smallest absolute Gasteiger partial charge is 0.146 e. The Bertz CT molecular complexity index is 170. The topological polar surface area (TPSA) is 17.1 Å². The summed E-state index contributed by atoms with van der Waals surface area (Å²) in [6.45, 7) is 4.29. The van der Waals surface area contributed by atoms with Crippen molar-refractivity contribution in [1.82, 2.24) is 0 Å². The maximum absolute atomic E-state index is 11.4. The fraction of sp³-hybridized carbons (Fsp3) is 0.909. The molecule has 1 aliphatic carbocycles. The van der Waals surface area contributed by atoms with Crippen molar-refractivity contribution in [2.75, 3.05) is 11.5 Å². The molecule has 0 aromatic carbocycles. The highest BCUT2D eigenvalue weighted by molar-refractivity contribution is 8.19. The number of carbonyl (C=O) groups is 1. The van der Waals surface area contributed by atoms with Crippen molar-refractivity contribution < 1.29 is 4.79 Å². The van der Waals surface area contributed by atoms with Crippen LogP contribution in [0.4, 0.5) is 0 Å². The Morgan fingerprint density at radius 1 is 1.21 bits per heavy atom. The van der Waals surface area contributed by atoms with Gasteiger partial charge in [0.25, 0.3) is 0 Å². The van der Waals surface area contributed by atoms with E-state index in [9.17, 15) is 4.79 Å². The molecule has 0 bridgehead atoms. The van der Waals surface area contributed by atoms with Gasteiger partial charge in [0.05, 0.1) is 0 Å². The zero-order valence-electron chi connectivity index (χ0n) is 9.12. The minimum atomic E-state index is -0.125. The summed E-state index contributed by atoms with van der Waals surface area (Å²) in [7, 11) is 0. The zero-order valence-corrected chi connectivity index (χ0v) is 10.8. The molecule has 3 heteroatoms. The van der Waals surface area contributed by atoms with Crippen molar-refractivity contribution in [2.24, 2.45) is 5.92 Å². The van der Waals surface area contributed by atoms with Crippen LogP contribution in [0.5, 0.6) is 0 Å². The molecule has 82 valence electrons. The summed E-state index contributed by atoms with van der Waals surface area (Å²) in [4.78, 5) is 11.4. The van der Waals surface area contributed by atoms with Gasteiger partial charge >= 0.3 is 0 Å². The first-order valence-electron chi connectivity index (χ1n) is 5.53. The molecule has 0 saturated heterocycles. The Morgan fingerprint density at radius 3 is 2.07 bits per heavy atom. The standard InChI is InChI=1S/C11H20OS2/c1-3-13-11(9-12,14-4-2)10-7-5-6-8-10/h9-10H,3-8H2,1-2H3. The van der Waals surface area contributed by atoms with Gasteiger partial charge in [-0.15, -0.1) is 23.5 Å². The molecule has 0 atom stereocenters. The van der Waals surface area contributed by atoms with Gasteiger partial charge in [0.15, 0.2) is 0 Å². The molecule has 0 spiro atoms. The van der Waals surface area contributed by atoms with Crippen LogP contribution in [0.25, 0.3) is 0 Å². The molecule has 0 amide bonds. The van der Waals surface area contributed by atoms with Gasteiger partial charge in [-0.2, -0.15) is 0 Å². The summed E-state index contributed by atoms with van der Waals surface area (Å²) in [6.07, 6.45) is 6.34. The van der Waals surface area contributed by atoms with E-state index in [-0.39, 0.29) is 4.08 Å². The van der Waals surface area contributed by atoms with Crippen molar-refractivity contribution in [1.29, 1.82) is 0 Å². The largest absolute Gasteiger partial charge is 0.301 e. The second-order valence-corrected chi connectivity index (χ2v) is 7.03. The van der Waals surface area contributed by atoms with Crippen molar-refractivity contribution in [3.63, 3.8) is 0 Å². The van der Waals surface area contributed by atoms with E-state index in [0.29, 0.717) is 5.92 Å². The van der Waals surface area contributed by atoms with Gasteiger partial charge in [0.2, 0.25) is 0 Å². The monoisotopic (exact) mass is 232 g/mol. The average Bonchev–Trinajstić information content (AvgIpc) is 2.70. The summed E-state index contributed by atoms with van der Waals surface area (Å²) < 4.78 is -0.125. The Labute approximate surface area is 95.8 Å². The van der Waals surface area contributed by atoms with Crippen molar-refractivity contribution in [3.05, 3.63) is 0 Å². The van der Waals surface area contributed by atoms with Gasteiger partial charge in [-0.25, -0.2) is 0 Å². The summed E-state index contributed by atoms with van der Waals surface area (Å²) >= 11 is 3.68. The highest BCUT2D eigenvalue weighted by Crippen LogP contribution is 2.48. The molecule has 0 heterocycles. The number of hydrogen-bond acceptors (Lipinski definition) is 3. The molecule has 0 N–H and O–H groups in total. The minimum absolute atomic E-state index is 0.125. The molecular formula is C11H20OS2. The highest BCUT2D eigenvalue weighted by atomic mass is 32.2. The lowest BCUT2D eigenvalue weighted by atomic mass is 10.0. The molecule has 1 saturated carbocycles. The zero-order chi connectivity index (χ0) is 10.4. The fourth-order valence-electron chi connectivity index (χ4n) is 2.22. The van der Waals surface area contributed by atoms with E-state index in [1.807, 2.05) is 23.5 Å². The first-order chi connectivity index (χ1) is 6.79. The van der Waals surface area contributed by atoms with E-state index in [1.165, 1.54) is 32.0 Å². The third-order valence-corrected chi connectivity index (χ3v) is 5.87. The summed E-state index contributed by atoms with van der Waals surface area (Å²) in [5, 5.41) is 0. The van der Waals surface area contributed by atoms with Gasteiger partial charge in [-0.05, 0) is 30.3 Å². The van der Waals surface area contributed by atoms with Crippen LogP contribution in [-0.4, -0.2) is 21.9 Å². The van der Waals surface area contributed by atoms with E-state index in [4.69, 9.17) is 0 Å². The van der Waals surface area contributed by atoms with Crippen molar-refractivity contribution >= 4 is 29.8 Å². The van der Waals surface area contributed by atoms with Crippen LogP contribution in [0.3, 0.4) is 0 Å². The molecule has 1 nitrogen and oxygen atoms in total. The van der Waals surface area contributed by atoms with Crippen LogP contribution < -0.4 is 0 Å². The molecule has 1 aliphatic rings. The van der Waals surface area contributed by atoms with E-state index >= 15 is 0 Å². The molecule has 0 aromatic heterocycles. The number of thioether (sulfide) groups is 2. The highest BCUT2D eigenvalue weighted by Gasteiger charge is 2.40.